The quantitative estimate of drug-likeness (QED) is 0.167. The SMILES string of the molecule is c1ccc(-c2ccc(N(c3ccc4c(c3)-c3ccccc3-c3ccccc3C43c4ccccc4-c4c3ccc3ccccc43)c3ccc4c(c3)c3ccccc3n4-c3ccccc3)cc2)cc1. The molecule has 2 aliphatic carbocycles. The van der Waals surface area contributed by atoms with E-state index in [1.165, 1.54) is 99.3 Å². The second-order valence-electron chi connectivity index (χ2n) is 18.0. The van der Waals surface area contributed by atoms with Gasteiger partial charge < -0.3 is 9.47 Å². The van der Waals surface area contributed by atoms with Gasteiger partial charge in [0.25, 0.3) is 0 Å². The van der Waals surface area contributed by atoms with Crippen molar-refractivity contribution in [2.75, 3.05) is 4.90 Å². The summed E-state index contributed by atoms with van der Waals surface area (Å²) in [6.45, 7) is 0. The number of benzene rings is 11. The lowest BCUT2D eigenvalue weighted by Gasteiger charge is -2.36. The summed E-state index contributed by atoms with van der Waals surface area (Å²) in [5, 5.41) is 4.98. The second kappa shape index (κ2) is 14.7. The average molecular weight is 851 g/mol. The van der Waals surface area contributed by atoms with E-state index in [4.69, 9.17) is 0 Å². The van der Waals surface area contributed by atoms with Gasteiger partial charge >= 0.3 is 0 Å². The summed E-state index contributed by atoms with van der Waals surface area (Å²) in [5.41, 5.74) is 21.5. The van der Waals surface area contributed by atoms with Crippen LogP contribution in [0.3, 0.4) is 0 Å². The van der Waals surface area contributed by atoms with E-state index in [2.05, 4.69) is 264 Å². The van der Waals surface area contributed by atoms with E-state index >= 15 is 0 Å². The Bertz CT molecular complexity index is 3920. The Labute approximate surface area is 389 Å². The van der Waals surface area contributed by atoms with Crippen molar-refractivity contribution in [1.82, 2.24) is 4.57 Å². The minimum atomic E-state index is -0.584. The Kier molecular flexibility index (Phi) is 8.23. The number of nitrogens with zero attached hydrogens (tertiary/aromatic N) is 2. The summed E-state index contributed by atoms with van der Waals surface area (Å²) in [6, 6.07) is 94.6. The van der Waals surface area contributed by atoms with Crippen LogP contribution in [0.2, 0.25) is 0 Å². The van der Waals surface area contributed by atoms with E-state index in [0.717, 1.165) is 22.7 Å². The molecule has 0 aliphatic heterocycles. The molecular weight excluding hydrogens is 809 g/mol. The molecule has 2 heteroatoms. The lowest BCUT2D eigenvalue weighted by molar-refractivity contribution is 0.776. The summed E-state index contributed by atoms with van der Waals surface area (Å²) < 4.78 is 2.39. The van der Waals surface area contributed by atoms with Gasteiger partial charge in [0.2, 0.25) is 0 Å². The van der Waals surface area contributed by atoms with Crippen LogP contribution in [-0.2, 0) is 5.41 Å². The molecule has 14 rings (SSSR count). The molecule has 2 nitrogen and oxygen atoms in total. The van der Waals surface area contributed by atoms with Crippen LogP contribution in [0.25, 0.3) is 82.8 Å². The van der Waals surface area contributed by atoms with Crippen molar-refractivity contribution >= 4 is 49.6 Å². The minimum absolute atomic E-state index is 0.584. The van der Waals surface area contributed by atoms with Gasteiger partial charge in [-0.05, 0) is 138 Å². The maximum absolute atomic E-state index is 2.48. The Morgan fingerprint density at radius 1 is 0.299 bits per heavy atom. The predicted molar refractivity (Wildman–Crippen MR) is 280 cm³/mol. The summed E-state index contributed by atoms with van der Waals surface area (Å²) in [4.78, 5) is 2.46. The molecule has 312 valence electrons. The molecule has 0 saturated heterocycles. The molecule has 0 amide bonds. The zero-order chi connectivity index (χ0) is 44.1. The Morgan fingerprint density at radius 2 is 0.821 bits per heavy atom. The smallest absolute Gasteiger partial charge is 0.0725 e. The number of para-hydroxylation sites is 2. The van der Waals surface area contributed by atoms with E-state index in [1.807, 2.05) is 0 Å². The van der Waals surface area contributed by atoms with Crippen molar-refractivity contribution in [2.45, 2.75) is 5.41 Å². The molecule has 0 radical (unpaired) electrons. The van der Waals surface area contributed by atoms with E-state index in [0.29, 0.717) is 0 Å². The summed E-state index contributed by atoms with van der Waals surface area (Å²) >= 11 is 0. The zero-order valence-electron chi connectivity index (χ0n) is 36.6. The molecule has 11 aromatic carbocycles. The molecule has 0 N–H and O–H groups in total. The van der Waals surface area contributed by atoms with Crippen LogP contribution in [-0.4, -0.2) is 4.57 Å². The first-order valence-corrected chi connectivity index (χ1v) is 23.3. The Balaban J connectivity index is 1.05. The monoisotopic (exact) mass is 850 g/mol. The normalized spacial score (nSPS) is 14.3. The molecule has 1 atom stereocenters. The number of hydrogen-bond donors (Lipinski definition) is 0. The van der Waals surface area contributed by atoms with Gasteiger partial charge in [0, 0.05) is 33.5 Å². The van der Waals surface area contributed by atoms with Crippen LogP contribution >= 0.6 is 0 Å². The van der Waals surface area contributed by atoms with Gasteiger partial charge in [-0.15, -0.1) is 0 Å². The van der Waals surface area contributed by atoms with Gasteiger partial charge in [-0.2, -0.15) is 0 Å². The fourth-order valence-electron chi connectivity index (χ4n) is 11.8. The average Bonchev–Trinajstić information content (AvgIpc) is 3.86. The van der Waals surface area contributed by atoms with Crippen LogP contribution in [0.1, 0.15) is 22.3 Å². The van der Waals surface area contributed by atoms with Gasteiger partial charge in [-0.3, -0.25) is 0 Å². The molecule has 1 spiro atoms. The van der Waals surface area contributed by atoms with Crippen LogP contribution < -0.4 is 4.90 Å². The highest BCUT2D eigenvalue weighted by molar-refractivity contribution is 6.11. The Morgan fingerprint density at radius 3 is 1.61 bits per heavy atom. The molecule has 67 heavy (non-hydrogen) atoms. The third-order valence-corrected chi connectivity index (χ3v) is 14.6. The summed E-state index contributed by atoms with van der Waals surface area (Å²) in [5.74, 6) is 0. The predicted octanol–water partition coefficient (Wildman–Crippen LogP) is 17.1. The molecule has 2 aliphatic rings. The lowest BCUT2D eigenvalue weighted by Crippen LogP contribution is -2.29. The zero-order valence-corrected chi connectivity index (χ0v) is 36.6. The van der Waals surface area contributed by atoms with Crippen molar-refractivity contribution in [2.24, 2.45) is 0 Å². The molecular formula is C65H42N2. The maximum atomic E-state index is 2.48. The van der Waals surface area contributed by atoms with Crippen LogP contribution in [0.5, 0.6) is 0 Å². The van der Waals surface area contributed by atoms with Gasteiger partial charge in [-0.25, -0.2) is 0 Å². The van der Waals surface area contributed by atoms with Crippen LogP contribution in [0.15, 0.2) is 255 Å². The topological polar surface area (TPSA) is 8.17 Å². The molecule has 0 bridgehead atoms. The molecule has 1 heterocycles. The van der Waals surface area contributed by atoms with Crippen molar-refractivity contribution in [1.29, 1.82) is 0 Å². The highest BCUT2D eigenvalue weighted by atomic mass is 15.1. The largest absolute Gasteiger partial charge is 0.310 e. The fraction of sp³-hybridized carbons (Fsp3) is 0.0154. The number of aromatic nitrogens is 1. The van der Waals surface area contributed by atoms with Crippen molar-refractivity contribution in [3.05, 3.63) is 277 Å². The summed E-state index contributed by atoms with van der Waals surface area (Å²) in [6.07, 6.45) is 0. The number of anilines is 3. The van der Waals surface area contributed by atoms with E-state index in [-0.39, 0.29) is 0 Å². The highest BCUT2D eigenvalue weighted by Gasteiger charge is 2.50. The first-order valence-electron chi connectivity index (χ1n) is 23.3. The standard InChI is InChI=1S/C65H42N2/c1-3-17-43(18-4-1)44-31-34-47(35-32-44)66(49-37-40-63-57(42-49)54-26-13-16-30-62(54)67(63)46-20-5-2-6-21-46)48-36-39-60-56(41-48)52-24-10-9-23-51(52)53-25-11-14-28-58(53)65(60)59-29-15-12-27-55(59)64-50-22-8-7-19-45(50)33-38-61(64)65/h1-42H. The van der Waals surface area contributed by atoms with Crippen molar-refractivity contribution in [3.8, 4) is 50.2 Å². The Hall–Kier alpha value is -8.72. The third kappa shape index (κ3) is 5.45. The second-order valence-corrected chi connectivity index (χ2v) is 18.0. The van der Waals surface area contributed by atoms with E-state index in [9.17, 15) is 0 Å². The first kappa shape index (κ1) is 37.6. The summed E-state index contributed by atoms with van der Waals surface area (Å²) in [7, 11) is 0. The van der Waals surface area contributed by atoms with E-state index in [1.54, 1.807) is 0 Å². The highest BCUT2D eigenvalue weighted by Crippen LogP contribution is 2.63. The number of fused-ring (bicyclic) bond motifs is 17. The third-order valence-electron chi connectivity index (χ3n) is 14.6. The van der Waals surface area contributed by atoms with Crippen LogP contribution in [0, 0.1) is 0 Å². The van der Waals surface area contributed by atoms with Crippen molar-refractivity contribution < 1.29 is 0 Å². The lowest BCUT2D eigenvalue weighted by atomic mass is 9.65. The number of hydrogen-bond acceptors (Lipinski definition) is 1. The molecule has 12 aromatic rings. The molecule has 0 saturated carbocycles. The number of rotatable bonds is 5. The van der Waals surface area contributed by atoms with Crippen LogP contribution in [0.4, 0.5) is 17.1 Å². The minimum Gasteiger partial charge on any atom is -0.310 e. The first-order chi connectivity index (χ1) is 33.3. The molecule has 1 aromatic heterocycles. The van der Waals surface area contributed by atoms with Gasteiger partial charge in [0.15, 0.2) is 0 Å². The molecule has 0 fully saturated rings. The molecule has 1 unspecified atom stereocenters. The maximum Gasteiger partial charge on any atom is 0.0725 e. The van der Waals surface area contributed by atoms with E-state index < -0.39 is 5.41 Å². The van der Waals surface area contributed by atoms with Gasteiger partial charge in [-0.1, -0.05) is 194 Å². The van der Waals surface area contributed by atoms with Gasteiger partial charge in [0.1, 0.15) is 0 Å². The fourth-order valence-corrected chi connectivity index (χ4v) is 11.8. The van der Waals surface area contributed by atoms with Crippen molar-refractivity contribution in [3.63, 3.8) is 0 Å². The van der Waals surface area contributed by atoms with Gasteiger partial charge in [0.05, 0.1) is 16.4 Å².